The Labute approximate surface area is 184 Å². The molecule has 9 heteroatoms. The van der Waals surface area contributed by atoms with Crippen LogP contribution in [0.15, 0.2) is 41.3 Å². The van der Waals surface area contributed by atoms with Crippen molar-refractivity contribution in [1.82, 2.24) is 15.3 Å². The summed E-state index contributed by atoms with van der Waals surface area (Å²) in [4.78, 5) is 14.8. The summed E-state index contributed by atoms with van der Waals surface area (Å²) in [5, 5.41) is 6.48. The molecule has 162 valence electrons. The molecule has 0 spiro atoms. The van der Waals surface area contributed by atoms with Gasteiger partial charge in [-0.25, -0.2) is 14.4 Å². The van der Waals surface area contributed by atoms with Gasteiger partial charge in [0.05, 0.1) is 35.3 Å². The van der Waals surface area contributed by atoms with Gasteiger partial charge in [0.1, 0.15) is 11.6 Å². The van der Waals surface area contributed by atoms with Crippen molar-refractivity contribution in [2.45, 2.75) is 25.8 Å². The van der Waals surface area contributed by atoms with Crippen molar-refractivity contribution in [2.24, 2.45) is 10.7 Å². The highest BCUT2D eigenvalue weighted by Gasteiger charge is 2.18. The van der Waals surface area contributed by atoms with Crippen LogP contribution in [0.4, 0.5) is 10.3 Å². The maximum atomic E-state index is 13.7. The van der Waals surface area contributed by atoms with E-state index in [-0.39, 0.29) is 5.82 Å². The van der Waals surface area contributed by atoms with Crippen LogP contribution in [0.3, 0.4) is 0 Å². The fraction of sp³-hybridized carbons (Fsp3) is 0.318. The summed E-state index contributed by atoms with van der Waals surface area (Å²) < 4.78 is 20.0. The van der Waals surface area contributed by atoms with E-state index in [0.717, 1.165) is 52.2 Å². The van der Waals surface area contributed by atoms with Crippen molar-refractivity contribution in [1.29, 1.82) is 0 Å². The lowest BCUT2D eigenvalue weighted by atomic mass is 10.0. The molecule has 0 saturated carbocycles. The van der Waals surface area contributed by atoms with Gasteiger partial charge in [0, 0.05) is 34.5 Å². The van der Waals surface area contributed by atoms with Crippen molar-refractivity contribution >= 4 is 33.7 Å². The number of thiophene rings is 1. The molecule has 1 fully saturated rings. The molecule has 7 nitrogen and oxygen atoms in total. The van der Waals surface area contributed by atoms with E-state index in [1.165, 1.54) is 25.4 Å². The Kier molecular flexibility index (Phi) is 6.43. The monoisotopic (exact) mass is 440 g/mol. The summed E-state index contributed by atoms with van der Waals surface area (Å²) in [6.07, 6.45) is 6.99. The Balaban J connectivity index is 1.65. The second-order valence-corrected chi connectivity index (χ2v) is 8.55. The number of nitrogens with two attached hydrogens (primary N) is 1. The molecule has 1 aromatic carbocycles. The lowest BCUT2D eigenvalue weighted by Gasteiger charge is -2.18. The highest BCUT2D eigenvalue weighted by Crippen LogP contribution is 2.41. The van der Waals surface area contributed by atoms with Gasteiger partial charge < -0.3 is 21.1 Å². The van der Waals surface area contributed by atoms with Gasteiger partial charge in [-0.05, 0) is 45.0 Å². The number of aromatic nitrogens is 2. The molecule has 2 aromatic heterocycles. The first-order valence-corrected chi connectivity index (χ1v) is 10.9. The second-order valence-electron chi connectivity index (χ2n) is 7.29. The number of methoxy groups -OCH3 is 1. The molecule has 1 aliphatic heterocycles. The topological polar surface area (TPSA) is 97.5 Å². The van der Waals surface area contributed by atoms with Crippen LogP contribution in [0.25, 0.3) is 21.3 Å². The standard InChI is InChI=1S/C22H25FN6OS/c1-13-20(17-4-3-14(23)9-18(17)30-2)21-19(31-13)12-27-22(29-21)28-16(10-24)11-26-15-5-7-25-8-6-15/h3-4,9-12,15,25H,5-8,24H2,1-2H3,(H,27,28,29). The summed E-state index contributed by atoms with van der Waals surface area (Å²) in [5.74, 6) is 0.536. The van der Waals surface area contributed by atoms with E-state index in [1.807, 2.05) is 6.92 Å². The lowest BCUT2D eigenvalue weighted by Crippen LogP contribution is -2.30. The Morgan fingerprint density at radius 3 is 2.94 bits per heavy atom. The maximum absolute atomic E-state index is 13.7. The molecule has 4 rings (SSSR count). The molecule has 0 aliphatic carbocycles. The third-order valence-electron chi connectivity index (χ3n) is 5.21. The van der Waals surface area contributed by atoms with Gasteiger partial charge in [0.15, 0.2) is 0 Å². The molecular formula is C22H25FN6OS. The predicted molar refractivity (Wildman–Crippen MR) is 124 cm³/mol. The van der Waals surface area contributed by atoms with Crippen LogP contribution in [-0.2, 0) is 0 Å². The Bertz CT molecular complexity index is 1140. The number of piperidine rings is 1. The number of halogens is 1. The van der Waals surface area contributed by atoms with Crippen LogP contribution >= 0.6 is 11.3 Å². The van der Waals surface area contributed by atoms with Gasteiger partial charge in [-0.15, -0.1) is 11.3 Å². The number of hydrogen-bond donors (Lipinski definition) is 3. The van der Waals surface area contributed by atoms with Crippen molar-refractivity contribution in [3.05, 3.63) is 47.0 Å². The maximum Gasteiger partial charge on any atom is 0.227 e. The first kappa shape index (κ1) is 21.2. The summed E-state index contributed by atoms with van der Waals surface area (Å²) in [5.41, 5.74) is 8.89. The molecule has 3 aromatic rings. The fourth-order valence-corrected chi connectivity index (χ4v) is 4.63. The Hall–Kier alpha value is -3.04. The highest BCUT2D eigenvalue weighted by atomic mass is 32.1. The van der Waals surface area contributed by atoms with Crippen molar-refractivity contribution in [2.75, 3.05) is 25.5 Å². The van der Waals surface area contributed by atoms with Gasteiger partial charge in [0.2, 0.25) is 5.95 Å². The number of ether oxygens (including phenoxy) is 1. The van der Waals surface area contributed by atoms with Crippen LogP contribution in [0.5, 0.6) is 5.75 Å². The third kappa shape index (κ3) is 4.67. The fourth-order valence-electron chi connectivity index (χ4n) is 3.64. The number of benzene rings is 1. The largest absolute Gasteiger partial charge is 0.496 e. The number of fused-ring (bicyclic) bond motifs is 1. The number of aliphatic imine (C=N–C) groups is 1. The van der Waals surface area contributed by atoms with Gasteiger partial charge in [-0.2, -0.15) is 0 Å². The van der Waals surface area contributed by atoms with Crippen LogP contribution in [0.2, 0.25) is 0 Å². The number of aryl methyl sites for hydroxylation is 1. The zero-order valence-corrected chi connectivity index (χ0v) is 18.3. The molecule has 1 aliphatic rings. The Morgan fingerprint density at radius 1 is 1.39 bits per heavy atom. The molecule has 0 atom stereocenters. The second kappa shape index (κ2) is 9.40. The van der Waals surface area contributed by atoms with Gasteiger partial charge in [-0.1, -0.05) is 0 Å². The minimum Gasteiger partial charge on any atom is -0.496 e. The molecule has 0 radical (unpaired) electrons. The minimum absolute atomic E-state index is 0.290. The third-order valence-corrected chi connectivity index (χ3v) is 6.24. The average Bonchev–Trinajstić information content (AvgIpc) is 3.12. The number of rotatable bonds is 6. The first-order valence-electron chi connectivity index (χ1n) is 10.1. The smallest absolute Gasteiger partial charge is 0.227 e. The van der Waals surface area contributed by atoms with E-state index in [1.54, 1.807) is 29.8 Å². The van der Waals surface area contributed by atoms with Gasteiger partial charge >= 0.3 is 0 Å². The number of nitrogens with one attached hydrogen (secondary N) is 2. The van der Waals surface area contributed by atoms with Crippen molar-refractivity contribution in [3.8, 4) is 16.9 Å². The van der Waals surface area contributed by atoms with Crippen LogP contribution in [0.1, 0.15) is 17.7 Å². The normalized spacial score (nSPS) is 15.6. The summed E-state index contributed by atoms with van der Waals surface area (Å²) >= 11 is 1.59. The first-order chi connectivity index (χ1) is 15.1. The zero-order chi connectivity index (χ0) is 21.8. The molecule has 0 amide bonds. The van der Waals surface area contributed by atoms with E-state index < -0.39 is 0 Å². The number of anilines is 1. The quantitative estimate of drug-likeness (QED) is 0.504. The molecule has 1 saturated heterocycles. The molecular weight excluding hydrogens is 415 g/mol. The molecule has 3 heterocycles. The summed E-state index contributed by atoms with van der Waals surface area (Å²) in [6, 6.07) is 4.81. The number of hydrogen-bond acceptors (Lipinski definition) is 8. The van der Waals surface area contributed by atoms with E-state index in [9.17, 15) is 4.39 Å². The Morgan fingerprint density at radius 2 is 2.19 bits per heavy atom. The minimum atomic E-state index is -0.347. The van der Waals surface area contributed by atoms with E-state index in [2.05, 4.69) is 20.6 Å². The average molecular weight is 441 g/mol. The predicted octanol–water partition coefficient (Wildman–Crippen LogP) is 3.85. The lowest BCUT2D eigenvalue weighted by molar-refractivity contribution is 0.413. The van der Waals surface area contributed by atoms with Crippen molar-refractivity contribution < 1.29 is 9.13 Å². The SMILES string of the molecule is COc1cc(F)ccc1-c1c(C)sc2cnc(NC(C=NC3CCNCC3)=CN)nc12. The van der Waals surface area contributed by atoms with Crippen LogP contribution in [0, 0.1) is 12.7 Å². The molecule has 4 N–H and O–H groups in total. The van der Waals surface area contributed by atoms with Gasteiger partial charge in [0.25, 0.3) is 0 Å². The van der Waals surface area contributed by atoms with E-state index >= 15 is 0 Å². The van der Waals surface area contributed by atoms with Crippen molar-refractivity contribution in [3.63, 3.8) is 0 Å². The molecule has 31 heavy (non-hydrogen) atoms. The summed E-state index contributed by atoms with van der Waals surface area (Å²) in [6.45, 7) is 3.96. The summed E-state index contributed by atoms with van der Waals surface area (Å²) in [7, 11) is 1.53. The van der Waals surface area contributed by atoms with Crippen LogP contribution in [-0.4, -0.2) is 42.4 Å². The number of nitrogens with zero attached hydrogens (tertiary/aromatic N) is 3. The molecule has 0 unspecified atom stereocenters. The zero-order valence-electron chi connectivity index (χ0n) is 17.5. The van der Waals surface area contributed by atoms with E-state index in [4.69, 9.17) is 15.5 Å². The highest BCUT2D eigenvalue weighted by molar-refractivity contribution is 7.19. The van der Waals surface area contributed by atoms with Gasteiger partial charge in [-0.3, -0.25) is 4.99 Å². The van der Waals surface area contributed by atoms with Crippen LogP contribution < -0.4 is 21.1 Å². The molecule has 0 bridgehead atoms. The van der Waals surface area contributed by atoms with E-state index in [0.29, 0.717) is 23.4 Å². The number of allylic oxidation sites excluding steroid dienone is 1.